The second-order valence-electron chi connectivity index (χ2n) is 5.82. The number of aliphatic hydroxyl groups is 1. The molecule has 0 bridgehead atoms. The Bertz CT molecular complexity index is 708. The first-order chi connectivity index (χ1) is 11.0. The van der Waals surface area contributed by atoms with E-state index in [0.29, 0.717) is 12.1 Å². The second-order valence-corrected chi connectivity index (χ2v) is 5.82. The van der Waals surface area contributed by atoms with Gasteiger partial charge in [0.15, 0.2) is 0 Å². The van der Waals surface area contributed by atoms with Gasteiger partial charge < -0.3 is 15.4 Å². The molecule has 0 aliphatic rings. The fourth-order valence-corrected chi connectivity index (χ4v) is 2.40. The van der Waals surface area contributed by atoms with Crippen LogP contribution in [-0.2, 0) is 0 Å². The zero-order chi connectivity index (χ0) is 16.8. The van der Waals surface area contributed by atoms with Crippen LogP contribution in [0.3, 0.4) is 0 Å². The molecule has 23 heavy (non-hydrogen) atoms. The first-order valence-electron chi connectivity index (χ1n) is 7.73. The molecule has 0 aliphatic carbocycles. The third kappa shape index (κ3) is 4.29. The highest BCUT2D eigenvalue weighted by Gasteiger charge is 2.18. The van der Waals surface area contributed by atoms with Crippen LogP contribution >= 0.6 is 0 Å². The smallest absolute Gasteiger partial charge is 0.261 e. The van der Waals surface area contributed by atoms with Gasteiger partial charge in [0.1, 0.15) is 5.56 Å². The van der Waals surface area contributed by atoms with Crippen LogP contribution in [0.25, 0.3) is 11.3 Å². The van der Waals surface area contributed by atoms with E-state index in [2.05, 4.69) is 10.3 Å². The van der Waals surface area contributed by atoms with Crippen LogP contribution in [0, 0.1) is 5.92 Å². The molecule has 5 heteroatoms. The highest BCUT2D eigenvalue weighted by Crippen LogP contribution is 2.15. The van der Waals surface area contributed by atoms with Crippen LogP contribution in [0.2, 0.25) is 0 Å². The lowest BCUT2D eigenvalue weighted by atomic mass is 10.0. The second kappa shape index (κ2) is 7.74. The molecule has 1 heterocycles. The molecule has 1 aromatic carbocycles. The lowest BCUT2D eigenvalue weighted by Gasteiger charge is -2.21. The molecule has 0 saturated carbocycles. The summed E-state index contributed by atoms with van der Waals surface area (Å²) < 4.78 is 0. The number of carbonyl (C=O) groups excluding carboxylic acids is 1. The minimum absolute atomic E-state index is 0.00751. The minimum Gasteiger partial charge on any atom is -0.396 e. The van der Waals surface area contributed by atoms with Gasteiger partial charge in [-0.1, -0.05) is 44.2 Å². The molecular weight excluding hydrogens is 292 g/mol. The monoisotopic (exact) mass is 314 g/mol. The molecule has 1 atom stereocenters. The number of aliphatic hydroxyl groups excluding tert-OH is 1. The van der Waals surface area contributed by atoms with Crippen molar-refractivity contribution in [3.63, 3.8) is 0 Å². The molecule has 3 N–H and O–H groups in total. The highest BCUT2D eigenvalue weighted by atomic mass is 16.3. The van der Waals surface area contributed by atoms with E-state index in [1.165, 1.54) is 6.07 Å². The molecule has 0 saturated heterocycles. The average Bonchev–Trinajstić information content (AvgIpc) is 2.55. The van der Waals surface area contributed by atoms with E-state index in [-0.39, 0.29) is 24.1 Å². The van der Waals surface area contributed by atoms with Crippen molar-refractivity contribution in [3.05, 3.63) is 58.4 Å². The van der Waals surface area contributed by atoms with Crippen molar-refractivity contribution in [3.8, 4) is 11.3 Å². The fraction of sp³-hybridized carbons (Fsp3) is 0.333. The van der Waals surface area contributed by atoms with Crippen LogP contribution in [0.15, 0.2) is 47.3 Å². The summed E-state index contributed by atoms with van der Waals surface area (Å²) in [5.74, 6) is -0.244. The van der Waals surface area contributed by atoms with Gasteiger partial charge in [0.05, 0.1) is 0 Å². The van der Waals surface area contributed by atoms with Gasteiger partial charge in [-0.3, -0.25) is 9.59 Å². The molecule has 0 aliphatic heterocycles. The van der Waals surface area contributed by atoms with E-state index in [1.54, 1.807) is 6.07 Å². The van der Waals surface area contributed by atoms with Gasteiger partial charge in [0, 0.05) is 18.3 Å². The highest BCUT2D eigenvalue weighted by molar-refractivity contribution is 5.94. The number of rotatable bonds is 6. The molecule has 1 amide bonds. The van der Waals surface area contributed by atoms with E-state index in [4.69, 9.17) is 5.11 Å². The lowest BCUT2D eigenvalue weighted by molar-refractivity contribution is 0.0915. The van der Waals surface area contributed by atoms with Crippen LogP contribution in [0.4, 0.5) is 0 Å². The predicted molar refractivity (Wildman–Crippen MR) is 90.3 cm³/mol. The van der Waals surface area contributed by atoms with Gasteiger partial charge in [-0.25, -0.2) is 0 Å². The van der Waals surface area contributed by atoms with Gasteiger partial charge >= 0.3 is 0 Å². The zero-order valence-electron chi connectivity index (χ0n) is 13.4. The van der Waals surface area contributed by atoms with Crippen molar-refractivity contribution in [2.45, 2.75) is 26.3 Å². The number of aromatic amines is 1. The summed E-state index contributed by atoms with van der Waals surface area (Å²) in [6, 6.07) is 12.5. The van der Waals surface area contributed by atoms with Crippen molar-refractivity contribution >= 4 is 5.91 Å². The summed E-state index contributed by atoms with van der Waals surface area (Å²) in [6.07, 6.45) is 0.462. The number of pyridine rings is 1. The van der Waals surface area contributed by atoms with Crippen molar-refractivity contribution in [2.75, 3.05) is 6.61 Å². The van der Waals surface area contributed by atoms with Gasteiger partial charge in [0.25, 0.3) is 11.5 Å². The molecule has 122 valence electrons. The van der Waals surface area contributed by atoms with Gasteiger partial charge in [-0.05, 0) is 30.0 Å². The molecular formula is C18H22N2O3. The number of hydrogen-bond acceptors (Lipinski definition) is 3. The Kier molecular flexibility index (Phi) is 5.71. The van der Waals surface area contributed by atoms with Gasteiger partial charge in [0.2, 0.25) is 0 Å². The van der Waals surface area contributed by atoms with Crippen molar-refractivity contribution in [1.29, 1.82) is 0 Å². The predicted octanol–water partition coefficient (Wildman–Crippen LogP) is 2.18. The molecule has 1 aromatic heterocycles. The number of hydrogen-bond donors (Lipinski definition) is 3. The minimum atomic E-state index is -0.421. The summed E-state index contributed by atoms with van der Waals surface area (Å²) in [5.41, 5.74) is 1.21. The topological polar surface area (TPSA) is 82.2 Å². The first kappa shape index (κ1) is 17.0. The summed E-state index contributed by atoms with van der Waals surface area (Å²) in [6.45, 7) is 3.92. The molecule has 2 rings (SSSR count). The Hall–Kier alpha value is -2.40. The first-order valence-corrected chi connectivity index (χ1v) is 7.73. The van der Waals surface area contributed by atoms with Crippen LogP contribution in [-0.4, -0.2) is 28.6 Å². The van der Waals surface area contributed by atoms with E-state index in [0.717, 1.165) is 5.56 Å². The van der Waals surface area contributed by atoms with Gasteiger partial charge in [-0.15, -0.1) is 0 Å². The summed E-state index contributed by atoms with van der Waals surface area (Å²) in [4.78, 5) is 27.2. The van der Waals surface area contributed by atoms with Crippen molar-refractivity contribution < 1.29 is 9.90 Å². The van der Waals surface area contributed by atoms with Crippen LogP contribution < -0.4 is 10.9 Å². The maximum absolute atomic E-state index is 12.3. The maximum atomic E-state index is 12.3. The molecule has 0 fully saturated rings. The van der Waals surface area contributed by atoms with E-state index in [1.807, 2.05) is 44.2 Å². The molecule has 2 aromatic rings. The Morgan fingerprint density at radius 1 is 1.17 bits per heavy atom. The van der Waals surface area contributed by atoms with E-state index >= 15 is 0 Å². The SMILES string of the molecule is CC(C)C(CCO)NC(=O)c1ccc(-c2ccccc2)[nH]c1=O. The summed E-state index contributed by atoms with van der Waals surface area (Å²) in [5, 5.41) is 11.9. The maximum Gasteiger partial charge on any atom is 0.261 e. The number of H-pyrrole nitrogens is 1. The van der Waals surface area contributed by atoms with Crippen molar-refractivity contribution in [2.24, 2.45) is 5.92 Å². The Morgan fingerprint density at radius 2 is 1.87 bits per heavy atom. The average molecular weight is 314 g/mol. The number of aromatic nitrogens is 1. The molecule has 1 unspecified atom stereocenters. The standard InChI is InChI=1S/C18H22N2O3/c1-12(2)15(10-11-21)19-17(22)14-8-9-16(20-18(14)23)13-6-4-3-5-7-13/h3-9,12,15,21H,10-11H2,1-2H3,(H,19,22)(H,20,23). The largest absolute Gasteiger partial charge is 0.396 e. The molecule has 0 spiro atoms. The van der Waals surface area contributed by atoms with Gasteiger partial charge in [-0.2, -0.15) is 0 Å². The van der Waals surface area contributed by atoms with Crippen LogP contribution in [0.5, 0.6) is 0 Å². The quantitative estimate of drug-likeness (QED) is 0.764. The zero-order valence-corrected chi connectivity index (χ0v) is 13.4. The number of amides is 1. The summed E-state index contributed by atoms with van der Waals surface area (Å²) >= 11 is 0. The number of benzene rings is 1. The van der Waals surface area contributed by atoms with E-state index < -0.39 is 11.5 Å². The third-order valence-corrected chi connectivity index (χ3v) is 3.80. The fourth-order valence-electron chi connectivity index (χ4n) is 2.40. The number of nitrogens with one attached hydrogen (secondary N) is 2. The normalized spacial score (nSPS) is 12.2. The number of carbonyl (C=O) groups is 1. The van der Waals surface area contributed by atoms with E-state index in [9.17, 15) is 9.59 Å². The molecule has 0 radical (unpaired) electrons. The Morgan fingerprint density at radius 3 is 2.43 bits per heavy atom. The lowest BCUT2D eigenvalue weighted by Crippen LogP contribution is -2.41. The Balaban J connectivity index is 2.20. The van der Waals surface area contributed by atoms with Crippen LogP contribution in [0.1, 0.15) is 30.6 Å². The molecule has 5 nitrogen and oxygen atoms in total. The summed E-state index contributed by atoms with van der Waals surface area (Å²) in [7, 11) is 0. The van der Waals surface area contributed by atoms with Crippen molar-refractivity contribution in [1.82, 2.24) is 10.3 Å². The Labute approximate surface area is 135 Å². The third-order valence-electron chi connectivity index (χ3n) is 3.80.